The summed E-state index contributed by atoms with van der Waals surface area (Å²) in [6, 6.07) is 6.91. The molecule has 0 unspecified atom stereocenters. The minimum Gasteiger partial charge on any atom is -0.507 e. The fourth-order valence-corrected chi connectivity index (χ4v) is 4.51. The van der Waals surface area contributed by atoms with Gasteiger partial charge in [0.15, 0.2) is 11.5 Å². The normalized spacial score (nSPS) is 17.2. The fraction of sp³-hybridized carbons (Fsp3) is 0.400. The molecule has 0 saturated carbocycles. The number of rotatable bonds is 5. The van der Waals surface area contributed by atoms with Crippen molar-refractivity contribution in [1.82, 2.24) is 4.90 Å². The molecule has 0 aliphatic carbocycles. The molecule has 1 aromatic heterocycles. The van der Waals surface area contributed by atoms with Crippen LogP contribution in [-0.2, 0) is 12.7 Å². The summed E-state index contributed by atoms with van der Waals surface area (Å²) in [6.45, 7) is 2.96. The number of hydrogen-bond acceptors (Lipinski definition) is 6. The summed E-state index contributed by atoms with van der Waals surface area (Å²) in [5.41, 5.74) is -1.55. The highest BCUT2D eigenvalue weighted by Gasteiger charge is 2.40. The van der Waals surface area contributed by atoms with Gasteiger partial charge >= 0.3 is 6.18 Å². The molecule has 0 radical (unpaired) electrons. The predicted molar refractivity (Wildman–Crippen MR) is 121 cm³/mol. The van der Waals surface area contributed by atoms with Crippen LogP contribution in [0.1, 0.15) is 37.5 Å². The molecular formula is C25H26F3NO5. The number of aromatic hydroxyl groups is 1. The number of fused-ring (bicyclic) bond motifs is 1. The van der Waals surface area contributed by atoms with Gasteiger partial charge in [-0.25, -0.2) is 0 Å². The summed E-state index contributed by atoms with van der Waals surface area (Å²) in [5.74, 6) is -1.14. The first-order chi connectivity index (χ1) is 16.2. The van der Waals surface area contributed by atoms with Gasteiger partial charge in [0, 0.05) is 12.6 Å². The molecule has 0 bridgehead atoms. The van der Waals surface area contributed by atoms with E-state index in [2.05, 4.69) is 4.90 Å². The van der Waals surface area contributed by atoms with Gasteiger partial charge in [-0.15, -0.1) is 0 Å². The van der Waals surface area contributed by atoms with Gasteiger partial charge < -0.3 is 19.0 Å². The van der Waals surface area contributed by atoms with Crippen molar-refractivity contribution in [3.05, 3.63) is 51.9 Å². The van der Waals surface area contributed by atoms with Crippen LogP contribution in [0, 0.1) is 0 Å². The molecule has 9 heteroatoms. The molecule has 3 aromatic rings. The molecule has 1 aliphatic rings. The van der Waals surface area contributed by atoms with E-state index in [4.69, 9.17) is 13.9 Å². The van der Waals surface area contributed by atoms with Crippen molar-refractivity contribution < 1.29 is 32.2 Å². The number of ether oxygens (including phenoxy) is 2. The standard InChI is InChI=1S/C25H26F3NO5/c1-14-6-4-5-11-29(14)13-17-18(30)9-8-16-22(31)21(24(25(26,27)28)34-23(16)17)15-7-10-19(32-2)20(12-15)33-3/h7-10,12,14,30H,4-6,11,13H2,1-3H3/t14-/m1/s1. The topological polar surface area (TPSA) is 72.1 Å². The predicted octanol–water partition coefficient (Wildman–Crippen LogP) is 5.58. The first-order valence-electron chi connectivity index (χ1n) is 11.0. The van der Waals surface area contributed by atoms with Crippen LogP contribution in [0.4, 0.5) is 13.2 Å². The summed E-state index contributed by atoms with van der Waals surface area (Å²) in [4.78, 5) is 15.5. The van der Waals surface area contributed by atoms with Crippen LogP contribution in [-0.4, -0.2) is 36.8 Å². The van der Waals surface area contributed by atoms with Gasteiger partial charge in [-0.1, -0.05) is 12.5 Å². The lowest BCUT2D eigenvalue weighted by Gasteiger charge is -2.33. The van der Waals surface area contributed by atoms with Crippen LogP contribution in [0.5, 0.6) is 17.2 Å². The highest BCUT2D eigenvalue weighted by atomic mass is 19.4. The molecule has 1 N–H and O–H groups in total. The first-order valence-corrected chi connectivity index (χ1v) is 11.0. The van der Waals surface area contributed by atoms with Crippen LogP contribution in [0.25, 0.3) is 22.1 Å². The summed E-state index contributed by atoms with van der Waals surface area (Å²) in [5, 5.41) is 10.5. The molecule has 2 aromatic carbocycles. The molecule has 182 valence electrons. The lowest BCUT2D eigenvalue weighted by atomic mass is 9.98. The molecule has 1 fully saturated rings. The minimum absolute atomic E-state index is 0.0140. The van der Waals surface area contributed by atoms with E-state index in [1.807, 2.05) is 6.92 Å². The Labute approximate surface area is 194 Å². The molecule has 0 amide bonds. The van der Waals surface area contributed by atoms with Crippen molar-refractivity contribution in [1.29, 1.82) is 0 Å². The van der Waals surface area contributed by atoms with Crippen LogP contribution in [0.15, 0.2) is 39.5 Å². The molecule has 34 heavy (non-hydrogen) atoms. The average Bonchev–Trinajstić information content (AvgIpc) is 2.81. The number of phenols is 1. The Morgan fingerprint density at radius 3 is 2.50 bits per heavy atom. The van der Waals surface area contributed by atoms with Crippen molar-refractivity contribution in [3.8, 4) is 28.4 Å². The number of likely N-dealkylation sites (tertiary alicyclic amines) is 1. The first kappa shape index (κ1) is 23.9. The van der Waals surface area contributed by atoms with E-state index in [9.17, 15) is 23.1 Å². The van der Waals surface area contributed by atoms with E-state index < -0.39 is 22.9 Å². The number of piperidine rings is 1. The molecule has 6 nitrogen and oxygen atoms in total. The Morgan fingerprint density at radius 2 is 1.85 bits per heavy atom. The van der Waals surface area contributed by atoms with Crippen molar-refractivity contribution >= 4 is 11.0 Å². The summed E-state index contributed by atoms with van der Waals surface area (Å²) < 4.78 is 58.3. The third-order valence-electron chi connectivity index (χ3n) is 6.37. The second kappa shape index (κ2) is 9.21. The van der Waals surface area contributed by atoms with E-state index in [0.717, 1.165) is 25.8 Å². The summed E-state index contributed by atoms with van der Waals surface area (Å²) >= 11 is 0. The molecular weight excluding hydrogens is 451 g/mol. The average molecular weight is 477 g/mol. The number of hydrogen-bond donors (Lipinski definition) is 1. The van der Waals surface area contributed by atoms with Crippen molar-refractivity contribution in [2.45, 2.75) is 44.9 Å². The van der Waals surface area contributed by atoms with Gasteiger partial charge in [0.25, 0.3) is 0 Å². The quantitative estimate of drug-likeness (QED) is 0.518. The van der Waals surface area contributed by atoms with Crippen LogP contribution in [0.3, 0.4) is 0 Å². The summed E-state index contributed by atoms with van der Waals surface area (Å²) in [7, 11) is 2.76. The third kappa shape index (κ3) is 4.32. The Bertz CT molecular complexity index is 1270. The molecule has 1 saturated heterocycles. The second-order valence-electron chi connectivity index (χ2n) is 8.46. The van der Waals surface area contributed by atoms with Crippen molar-refractivity contribution in [3.63, 3.8) is 0 Å². The van der Waals surface area contributed by atoms with Gasteiger partial charge in [0.2, 0.25) is 11.2 Å². The molecule has 2 heterocycles. The Kier molecular flexibility index (Phi) is 6.49. The number of halogens is 3. The maximum absolute atomic E-state index is 14.2. The van der Waals surface area contributed by atoms with Crippen LogP contribution >= 0.6 is 0 Å². The largest absolute Gasteiger partial charge is 0.507 e. The smallest absolute Gasteiger partial charge is 0.450 e. The van der Waals surface area contributed by atoms with E-state index in [-0.39, 0.29) is 46.2 Å². The number of benzene rings is 2. The van der Waals surface area contributed by atoms with Gasteiger partial charge in [-0.05, 0) is 56.1 Å². The molecule has 4 rings (SSSR count). The zero-order valence-electron chi connectivity index (χ0n) is 19.2. The van der Waals surface area contributed by atoms with Gasteiger partial charge in [0.1, 0.15) is 11.3 Å². The fourth-order valence-electron chi connectivity index (χ4n) is 4.51. The van der Waals surface area contributed by atoms with Gasteiger partial charge in [0.05, 0.1) is 30.7 Å². The monoisotopic (exact) mass is 477 g/mol. The van der Waals surface area contributed by atoms with Crippen LogP contribution in [0.2, 0.25) is 0 Å². The Balaban J connectivity index is 1.96. The molecule has 1 aliphatic heterocycles. The zero-order valence-corrected chi connectivity index (χ0v) is 19.2. The van der Waals surface area contributed by atoms with E-state index in [1.54, 1.807) is 0 Å². The number of methoxy groups -OCH3 is 2. The molecule has 0 spiro atoms. The van der Waals surface area contributed by atoms with Gasteiger partial charge in [-0.2, -0.15) is 13.2 Å². The third-order valence-corrected chi connectivity index (χ3v) is 6.37. The van der Waals surface area contributed by atoms with Gasteiger partial charge in [-0.3, -0.25) is 9.69 Å². The van der Waals surface area contributed by atoms with E-state index in [1.165, 1.54) is 44.6 Å². The minimum atomic E-state index is -4.95. The van der Waals surface area contributed by atoms with Crippen molar-refractivity contribution in [2.24, 2.45) is 0 Å². The summed E-state index contributed by atoms with van der Waals surface area (Å²) in [6.07, 6.45) is -1.97. The Morgan fingerprint density at radius 1 is 1.12 bits per heavy atom. The lowest BCUT2D eigenvalue weighted by molar-refractivity contribution is -0.152. The number of alkyl halides is 3. The van der Waals surface area contributed by atoms with E-state index >= 15 is 0 Å². The highest BCUT2D eigenvalue weighted by Crippen LogP contribution is 2.41. The highest BCUT2D eigenvalue weighted by molar-refractivity contribution is 5.87. The number of nitrogens with zero attached hydrogens (tertiary/aromatic N) is 1. The SMILES string of the molecule is COc1ccc(-c2c(C(F)(F)F)oc3c(CN4CCCC[C@H]4C)c(O)ccc3c2=O)cc1OC. The maximum atomic E-state index is 14.2. The number of phenolic OH excluding ortho intramolecular Hbond substituents is 1. The van der Waals surface area contributed by atoms with Crippen molar-refractivity contribution in [2.75, 3.05) is 20.8 Å². The second-order valence-corrected chi connectivity index (χ2v) is 8.46. The zero-order chi connectivity index (χ0) is 24.6. The maximum Gasteiger partial charge on any atom is 0.450 e. The Hall–Kier alpha value is -3.20. The van der Waals surface area contributed by atoms with E-state index in [0.29, 0.717) is 5.75 Å². The lowest BCUT2D eigenvalue weighted by Crippen LogP contribution is -2.36. The van der Waals surface area contributed by atoms with Crippen LogP contribution < -0.4 is 14.9 Å². The molecule has 1 atom stereocenters.